The van der Waals surface area contributed by atoms with Crippen LogP contribution in [0.4, 0.5) is 0 Å². The highest BCUT2D eigenvalue weighted by Gasteiger charge is 2.12. The summed E-state index contributed by atoms with van der Waals surface area (Å²) in [6, 6.07) is 1.13. The summed E-state index contributed by atoms with van der Waals surface area (Å²) in [6.45, 7) is 18.3. The normalized spacial score (nSPS) is 12.0. The minimum atomic E-state index is 0. The van der Waals surface area contributed by atoms with Gasteiger partial charge in [-0.05, 0) is 48.0 Å². The second-order valence-electron chi connectivity index (χ2n) is 5.66. The van der Waals surface area contributed by atoms with Gasteiger partial charge in [0.15, 0.2) is 5.96 Å². The Labute approximate surface area is 154 Å². The van der Waals surface area contributed by atoms with E-state index in [0.29, 0.717) is 12.1 Å². The van der Waals surface area contributed by atoms with Crippen LogP contribution in [0.1, 0.15) is 48.0 Å². The molecule has 0 saturated carbocycles. The van der Waals surface area contributed by atoms with Crippen LogP contribution in [0.2, 0.25) is 0 Å². The topological polar surface area (TPSA) is 48.9 Å². The van der Waals surface area contributed by atoms with Crippen molar-refractivity contribution >= 4 is 29.9 Å². The Morgan fingerprint density at radius 3 is 2.23 bits per heavy atom. The number of hydrogen-bond acceptors (Lipinski definition) is 3. The van der Waals surface area contributed by atoms with Gasteiger partial charge in [-0.1, -0.05) is 0 Å². The second kappa shape index (κ2) is 15.8. The Hall–Kier alpha value is -0.0800. The summed E-state index contributed by atoms with van der Waals surface area (Å²) in [4.78, 5) is 7.05. The SMILES string of the molecule is CCNC(=NCCCOCC)NCCN(C(C)C)C(C)C.I. The lowest BCUT2D eigenvalue weighted by Gasteiger charge is -2.30. The number of nitrogens with one attached hydrogen (secondary N) is 2. The first-order valence-electron chi connectivity index (χ1n) is 8.38. The average Bonchev–Trinajstić information content (AvgIpc) is 2.42. The van der Waals surface area contributed by atoms with Gasteiger partial charge in [0.05, 0.1) is 0 Å². The first kappa shape index (κ1) is 24.2. The van der Waals surface area contributed by atoms with E-state index in [9.17, 15) is 0 Å². The minimum absolute atomic E-state index is 0. The number of nitrogens with zero attached hydrogens (tertiary/aromatic N) is 2. The maximum Gasteiger partial charge on any atom is 0.191 e. The van der Waals surface area contributed by atoms with E-state index < -0.39 is 0 Å². The molecule has 0 aromatic heterocycles. The van der Waals surface area contributed by atoms with Crippen LogP contribution in [-0.4, -0.2) is 62.3 Å². The predicted molar refractivity (Wildman–Crippen MR) is 107 cm³/mol. The molecule has 0 spiro atoms. The maximum atomic E-state index is 5.32. The predicted octanol–water partition coefficient (Wildman–Crippen LogP) is 2.70. The monoisotopic (exact) mass is 428 g/mol. The lowest BCUT2D eigenvalue weighted by atomic mass is 10.2. The van der Waals surface area contributed by atoms with Crippen molar-refractivity contribution in [2.45, 2.75) is 60.0 Å². The molecule has 0 aliphatic heterocycles. The van der Waals surface area contributed by atoms with Crippen LogP contribution < -0.4 is 10.6 Å². The summed E-state index contributed by atoms with van der Waals surface area (Å²) in [5, 5.41) is 6.69. The van der Waals surface area contributed by atoms with Crippen LogP contribution in [0.25, 0.3) is 0 Å². The lowest BCUT2D eigenvalue weighted by molar-refractivity contribution is 0.146. The zero-order valence-corrected chi connectivity index (χ0v) is 17.6. The van der Waals surface area contributed by atoms with E-state index in [4.69, 9.17) is 4.74 Å². The van der Waals surface area contributed by atoms with E-state index in [1.54, 1.807) is 0 Å². The molecular formula is C16H37IN4O. The molecule has 0 amide bonds. The van der Waals surface area contributed by atoms with Gasteiger partial charge in [0.1, 0.15) is 0 Å². The summed E-state index contributed by atoms with van der Waals surface area (Å²) in [5.74, 6) is 0.904. The summed E-state index contributed by atoms with van der Waals surface area (Å²) < 4.78 is 5.32. The van der Waals surface area contributed by atoms with E-state index in [1.165, 1.54) is 0 Å². The van der Waals surface area contributed by atoms with Crippen LogP contribution in [0.3, 0.4) is 0 Å². The third-order valence-corrected chi connectivity index (χ3v) is 3.25. The Morgan fingerprint density at radius 2 is 1.73 bits per heavy atom. The van der Waals surface area contributed by atoms with Crippen molar-refractivity contribution in [2.24, 2.45) is 4.99 Å². The highest BCUT2D eigenvalue weighted by Crippen LogP contribution is 2.03. The molecule has 0 aliphatic rings. The van der Waals surface area contributed by atoms with Crippen molar-refractivity contribution in [1.29, 1.82) is 0 Å². The molecular weight excluding hydrogens is 391 g/mol. The molecule has 0 fully saturated rings. The van der Waals surface area contributed by atoms with E-state index >= 15 is 0 Å². The molecule has 0 aliphatic carbocycles. The lowest BCUT2D eigenvalue weighted by Crippen LogP contribution is -2.45. The summed E-state index contributed by atoms with van der Waals surface area (Å²) in [7, 11) is 0. The molecule has 0 bridgehead atoms. The molecule has 22 heavy (non-hydrogen) atoms. The molecule has 5 nitrogen and oxygen atoms in total. The van der Waals surface area contributed by atoms with Gasteiger partial charge in [0.2, 0.25) is 0 Å². The molecule has 134 valence electrons. The quantitative estimate of drug-likeness (QED) is 0.230. The highest BCUT2D eigenvalue weighted by atomic mass is 127. The molecule has 2 N–H and O–H groups in total. The number of ether oxygens (including phenoxy) is 1. The van der Waals surface area contributed by atoms with Crippen molar-refractivity contribution in [3.8, 4) is 0 Å². The van der Waals surface area contributed by atoms with Gasteiger partial charge >= 0.3 is 0 Å². The second-order valence-corrected chi connectivity index (χ2v) is 5.66. The number of rotatable bonds is 11. The van der Waals surface area contributed by atoms with Gasteiger partial charge in [0.25, 0.3) is 0 Å². The van der Waals surface area contributed by atoms with E-state index in [2.05, 4.69) is 55.1 Å². The number of aliphatic imine (C=N–C) groups is 1. The van der Waals surface area contributed by atoms with Gasteiger partial charge in [-0.2, -0.15) is 0 Å². The zero-order chi connectivity index (χ0) is 16.1. The van der Waals surface area contributed by atoms with Crippen LogP contribution in [0, 0.1) is 0 Å². The van der Waals surface area contributed by atoms with Gasteiger partial charge in [0, 0.05) is 51.5 Å². The largest absolute Gasteiger partial charge is 0.382 e. The van der Waals surface area contributed by atoms with Crippen molar-refractivity contribution < 1.29 is 4.74 Å². The van der Waals surface area contributed by atoms with Crippen molar-refractivity contribution in [3.63, 3.8) is 0 Å². The molecule has 0 rings (SSSR count). The standard InChI is InChI=1S/C16H36N4O.HI/c1-7-17-16(18-10-9-13-21-8-2)19-11-12-20(14(3)4)15(5)6;/h14-15H,7-13H2,1-6H3,(H2,17,18,19);1H. The maximum absolute atomic E-state index is 5.32. The third kappa shape index (κ3) is 12.5. The van der Waals surface area contributed by atoms with Crippen molar-refractivity contribution in [1.82, 2.24) is 15.5 Å². The molecule has 0 radical (unpaired) electrons. The molecule has 0 unspecified atom stereocenters. The zero-order valence-electron chi connectivity index (χ0n) is 15.3. The van der Waals surface area contributed by atoms with Crippen LogP contribution in [0.5, 0.6) is 0 Å². The average molecular weight is 428 g/mol. The molecule has 0 atom stereocenters. The minimum Gasteiger partial charge on any atom is -0.382 e. The van der Waals surface area contributed by atoms with Crippen LogP contribution >= 0.6 is 24.0 Å². The van der Waals surface area contributed by atoms with Gasteiger partial charge in [-0.25, -0.2) is 0 Å². The molecule has 6 heteroatoms. The summed E-state index contributed by atoms with van der Waals surface area (Å²) in [5.41, 5.74) is 0. The smallest absolute Gasteiger partial charge is 0.191 e. The van der Waals surface area contributed by atoms with E-state index in [0.717, 1.165) is 51.8 Å². The summed E-state index contributed by atoms with van der Waals surface area (Å²) in [6.07, 6.45) is 0.967. The first-order chi connectivity index (χ1) is 10.0. The first-order valence-corrected chi connectivity index (χ1v) is 8.38. The fourth-order valence-corrected chi connectivity index (χ4v) is 2.26. The van der Waals surface area contributed by atoms with Crippen molar-refractivity contribution in [3.05, 3.63) is 0 Å². The number of halogens is 1. The van der Waals surface area contributed by atoms with Gasteiger partial charge < -0.3 is 15.4 Å². The van der Waals surface area contributed by atoms with E-state index in [-0.39, 0.29) is 24.0 Å². The Bertz CT molecular complexity index is 265. The van der Waals surface area contributed by atoms with Gasteiger partial charge in [-0.15, -0.1) is 24.0 Å². The van der Waals surface area contributed by atoms with E-state index in [1.807, 2.05) is 6.92 Å². The third-order valence-electron chi connectivity index (χ3n) is 3.25. The fraction of sp³-hybridized carbons (Fsp3) is 0.938. The molecule has 0 aromatic carbocycles. The number of hydrogen-bond donors (Lipinski definition) is 2. The fourth-order valence-electron chi connectivity index (χ4n) is 2.26. The number of guanidine groups is 1. The van der Waals surface area contributed by atoms with Crippen LogP contribution in [0.15, 0.2) is 4.99 Å². The Balaban J connectivity index is 0. The van der Waals surface area contributed by atoms with Gasteiger partial charge in [-0.3, -0.25) is 9.89 Å². The Morgan fingerprint density at radius 1 is 1.09 bits per heavy atom. The molecule has 0 heterocycles. The molecule has 0 saturated heterocycles. The van der Waals surface area contributed by atoms with Crippen LogP contribution in [-0.2, 0) is 4.74 Å². The summed E-state index contributed by atoms with van der Waals surface area (Å²) >= 11 is 0. The highest BCUT2D eigenvalue weighted by molar-refractivity contribution is 14.0. The Kier molecular flexibility index (Phi) is 17.4. The molecule has 0 aromatic rings. The van der Waals surface area contributed by atoms with Crippen molar-refractivity contribution in [2.75, 3.05) is 39.4 Å².